The first-order valence-electron chi connectivity index (χ1n) is 9.17. The second-order valence-corrected chi connectivity index (χ2v) is 8.61. The molecule has 3 aromatic rings. The smallest absolute Gasteiger partial charge is 0.261 e. The summed E-state index contributed by atoms with van der Waals surface area (Å²) < 4.78 is 32.6. The van der Waals surface area contributed by atoms with E-state index in [4.69, 9.17) is 16.3 Å². The average molecular weight is 445 g/mol. The van der Waals surface area contributed by atoms with Gasteiger partial charge in [-0.25, -0.2) is 8.42 Å². The Morgan fingerprint density at radius 2 is 1.70 bits per heavy atom. The Labute approximate surface area is 180 Å². The van der Waals surface area contributed by atoms with Gasteiger partial charge in [0.1, 0.15) is 5.75 Å². The van der Waals surface area contributed by atoms with E-state index < -0.39 is 10.0 Å². The van der Waals surface area contributed by atoms with E-state index in [1.165, 1.54) is 30.3 Å². The maximum absolute atomic E-state index is 12.5. The molecule has 2 N–H and O–H groups in total. The number of carbonyl (C=O) groups is 1. The van der Waals surface area contributed by atoms with Crippen LogP contribution in [0.4, 0.5) is 5.69 Å². The summed E-state index contributed by atoms with van der Waals surface area (Å²) in [5.41, 5.74) is 1.73. The highest BCUT2D eigenvalue weighted by atomic mass is 35.5. The van der Waals surface area contributed by atoms with Crippen LogP contribution in [-0.2, 0) is 16.4 Å². The van der Waals surface area contributed by atoms with Crippen LogP contribution in [0.1, 0.15) is 15.9 Å². The molecular formula is C22H21ClN2O4S. The molecule has 0 aromatic heterocycles. The van der Waals surface area contributed by atoms with Crippen molar-refractivity contribution in [1.82, 2.24) is 5.32 Å². The molecule has 0 saturated carbocycles. The number of nitrogens with one attached hydrogen (secondary N) is 2. The van der Waals surface area contributed by atoms with Gasteiger partial charge in [-0.3, -0.25) is 9.52 Å². The third kappa shape index (κ3) is 5.75. The molecule has 0 aliphatic heterocycles. The lowest BCUT2D eigenvalue weighted by molar-refractivity contribution is 0.0954. The quantitative estimate of drug-likeness (QED) is 0.547. The van der Waals surface area contributed by atoms with Crippen molar-refractivity contribution in [1.29, 1.82) is 0 Å². The maximum Gasteiger partial charge on any atom is 0.261 e. The van der Waals surface area contributed by atoms with Crippen molar-refractivity contribution in [3.8, 4) is 5.75 Å². The molecule has 0 spiro atoms. The van der Waals surface area contributed by atoms with E-state index in [9.17, 15) is 13.2 Å². The Morgan fingerprint density at radius 1 is 1.00 bits per heavy atom. The minimum Gasteiger partial charge on any atom is -0.497 e. The van der Waals surface area contributed by atoms with Gasteiger partial charge in [-0.2, -0.15) is 0 Å². The molecule has 0 radical (unpaired) electrons. The van der Waals surface area contributed by atoms with Gasteiger partial charge in [-0.05, 0) is 66.6 Å². The molecule has 0 heterocycles. The second kappa shape index (κ2) is 9.65. The molecule has 0 fully saturated rings. The van der Waals surface area contributed by atoms with Crippen LogP contribution >= 0.6 is 11.6 Å². The summed E-state index contributed by atoms with van der Waals surface area (Å²) in [5, 5.41) is 3.29. The van der Waals surface area contributed by atoms with Crippen LogP contribution in [0.25, 0.3) is 0 Å². The second-order valence-electron chi connectivity index (χ2n) is 6.49. The first-order valence-corrected chi connectivity index (χ1v) is 11.0. The third-order valence-electron chi connectivity index (χ3n) is 4.36. The normalized spacial score (nSPS) is 11.0. The van der Waals surface area contributed by atoms with Crippen LogP contribution < -0.4 is 14.8 Å². The summed E-state index contributed by atoms with van der Waals surface area (Å²) in [6.07, 6.45) is 0.665. The molecular weight excluding hydrogens is 424 g/mol. The van der Waals surface area contributed by atoms with Crippen molar-refractivity contribution in [3.05, 3.63) is 88.9 Å². The van der Waals surface area contributed by atoms with Gasteiger partial charge in [0, 0.05) is 22.8 Å². The maximum atomic E-state index is 12.5. The zero-order valence-electron chi connectivity index (χ0n) is 16.3. The minimum absolute atomic E-state index is 0.0845. The molecule has 0 saturated heterocycles. The number of amides is 1. The fraction of sp³-hybridized carbons (Fsp3) is 0.136. The molecule has 6 nitrogen and oxygen atoms in total. The van der Waals surface area contributed by atoms with Gasteiger partial charge in [0.05, 0.1) is 12.0 Å². The van der Waals surface area contributed by atoms with E-state index in [-0.39, 0.29) is 10.8 Å². The number of sulfonamides is 1. The number of hydrogen-bond donors (Lipinski definition) is 2. The third-order valence-corrected chi connectivity index (χ3v) is 6.01. The minimum atomic E-state index is -3.78. The van der Waals surface area contributed by atoms with Crippen molar-refractivity contribution in [2.45, 2.75) is 11.3 Å². The lowest BCUT2D eigenvalue weighted by atomic mass is 10.1. The van der Waals surface area contributed by atoms with Gasteiger partial charge in [0.15, 0.2) is 0 Å². The fourth-order valence-corrected chi connectivity index (χ4v) is 3.94. The summed E-state index contributed by atoms with van der Waals surface area (Å²) in [5.74, 6) is 0.497. The number of hydrogen-bond acceptors (Lipinski definition) is 4. The number of anilines is 1. The Bertz CT molecular complexity index is 1110. The van der Waals surface area contributed by atoms with Crippen LogP contribution in [0.3, 0.4) is 0 Å². The Balaban J connectivity index is 1.61. The summed E-state index contributed by atoms with van der Waals surface area (Å²) in [4.78, 5) is 12.5. The monoisotopic (exact) mass is 444 g/mol. The Hall–Kier alpha value is -3.03. The van der Waals surface area contributed by atoms with Crippen LogP contribution in [0.15, 0.2) is 77.7 Å². The number of methoxy groups -OCH3 is 1. The highest BCUT2D eigenvalue weighted by Gasteiger charge is 2.15. The number of halogens is 1. The van der Waals surface area contributed by atoms with Crippen molar-refractivity contribution in [3.63, 3.8) is 0 Å². The summed E-state index contributed by atoms with van der Waals surface area (Å²) in [6, 6.07) is 19.8. The van der Waals surface area contributed by atoms with Gasteiger partial charge in [0.2, 0.25) is 0 Å². The Morgan fingerprint density at radius 3 is 2.37 bits per heavy atom. The van der Waals surface area contributed by atoms with Gasteiger partial charge in [0.25, 0.3) is 15.9 Å². The Kier molecular flexibility index (Phi) is 6.97. The molecule has 3 aromatic carbocycles. The van der Waals surface area contributed by atoms with Gasteiger partial charge >= 0.3 is 0 Å². The topological polar surface area (TPSA) is 84.5 Å². The van der Waals surface area contributed by atoms with Crippen molar-refractivity contribution in [2.75, 3.05) is 18.4 Å². The number of benzene rings is 3. The summed E-state index contributed by atoms with van der Waals surface area (Å²) in [7, 11) is -2.17. The largest absolute Gasteiger partial charge is 0.497 e. The first kappa shape index (κ1) is 21.7. The van der Waals surface area contributed by atoms with E-state index in [1.807, 2.05) is 24.3 Å². The predicted octanol–water partition coefficient (Wildman–Crippen LogP) is 4.12. The molecule has 0 atom stereocenters. The average Bonchev–Trinajstić information content (AvgIpc) is 2.74. The van der Waals surface area contributed by atoms with E-state index >= 15 is 0 Å². The molecule has 0 aliphatic carbocycles. The standard InChI is InChI=1S/C22H21ClN2O4S/c1-29-20-9-5-16(6-10-20)13-14-24-22(26)17-3-2-4-19(15-17)25-30(27,28)21-11-7-18(23)8-12-21/h2-12,15,25H,13-14H2,1H3,(H,24,26). The van der Waals surface area contributed by atoms with E-state index in [1.54, 1.807) is 25.3 Å². The number of ether oxygens (including phenoxy) is 1. The zero-order chi connectivity index (χ0) is 21.6. The SMILES string of the molecule is COc1ccc(CCNC(=O)c2cccc(NS(=O)(=O)c3ccc(Cl)cc3)c2)cc1. The van der Waals surface area contributed by atoms with Gasteiger partial charge < -0.3 is 10.1 Å². The highest BCUT2D eigenvalue weighted by Crippen LogP contribution is 2.19. The van der Waals surface area contributed by atoms with Crippen LogP contribution in [0.2, 0.25) is 5.02 Å². The molecule has 1 amide bonds. The lowest BCUT2D eigenvalue weighted by Gasteiger charge is -2.10. The zero-order valence-corrected chi connectivity index (χ0v) is 17.8. The lowest BCUT2D eigenvalue weighted by Crippen LogP contribution is -2.25. The molecule has 0 unspecified atom stereocenters. The fourth-order valence-electron chi connectivity index (χ4n) is 2.77. The van der Waals surface area contributed by atoms with E-state index in [0.29, 0.717) is 29.2 Å². The summed E-state index contributed by atoms with van der Waals surface area (Å²) >= 11 is 5.81. The van der Waals surface area contributed by atoms with Gasteiger partial charge in [-0.15, -0.1) is 0 Å². The molecule has 156 valence electrons. The molecule has 0 bridgehead atoms. The van der Waals surface area contributed by atoms with Crippen molar-refractivity contribution < 1.29 is 17.9 Å². The van der Waals surface area contributed by atoms with Gasteiger partial charge in [-0.1, -0.05) is 29.8 Å². The predicted molar refractivity (Wildman–Crippen MR) is 118 cm³/mol. The molecule has 0 aliphatic rings. The van der Waals surface area contributed by atoms with Crippen LogP contribution in [0, 0.1) is 0 Å². The number of carbonyl (C=O) groups excluding carboxylic acids is 1. The summed E-state index contributed by atoms with van der Waals surface area (Å²) in [6.45, 7) is 0.450. The van der Waals surface area contributed by atoms with E-state index in [0.717, 1.165) is 11.3 Å². The van der Waals surface area contributed by atoms with Crippen LogP contribution in [0.5, 0.6) is 5.75 Å². The van der Waals surface area contributed by atoms with Crippen molar-refractivity contribution in [2.24, 2.45) is 0 Å². The first-order chi connectivity index (χ1) is 14.4. The highest BCUT2D eigenvalue weighted by molar-refractivity contribution is 7.92. The molecule has 3 rings (SSSR count). The van der Waals surface area contributed by atoms with Crippen molar-refractivity contribution >= 4 is 33.2 Å². The number of rotatable bonds is 8. The molecule has 8 heteroatoms. The van der Waals surface area contributed by atoms with Crippen LogP contribution in [-0.4, -0.2) is 28.0 Å². The molecule has 30 heavy (non-hydrogen) atoms. The van der Waals surface area contributed by atoms with E-state index in [2.05, 4.69) is 10.0 Å².